The molecule has 2 aromatic carbocycles. The summed E-state index contributed by atoms with van der Waals surface area (Å²) in [6, 6.07) is 8.33. The molecule has 0 spiro atoms. The van der Waals surface area contributed by atoms with E-state index in [9.17, 15) is 9.18 Å². The fraction of sp³-hybridized carbons (Fsp3) is 0.188. The summed E-state index contributed by atoms with van der Waals surface area (Å²) in [4.78, 5) is 12.5. The first-order valence-electron chi connectivity index (χ1n) is 8.31. The molecule has 0 unspecified atom stereocenters. The van der Waals surface area contributed by atoms with E-state index in [1.807, 2.05) is 0 Å². The zero-order valence-electron chi connectivity index (χ0n) is 15.4. The van der Waals surface area contributed by atoms with Crippen LogP contribution >= 0.6 is 11.6 Å². The van der Waals surface area contributed by atoms with Crippen molar-refractivity contribution in [2.45, 2.75) is 19.3 Å². The van der Waals surface area contributed by atoms with E-state index in [1.54, 1.807) is 18.2 Å². The minimum absolute atomic E-state index is 0. The van der Waals surface area contributed by atoms with E-state index in [-0.39, 0.29) is 14.9 Å². The highest BCUT2D eigenvalue weighted by molar-refractivity contribution is 6.35. The molecule has 110 valence electrons. The second kappa shape index (κ2) is 6.16. The fourth-order valence-electron chi connectivity index (χ4n) is 1.83. The molecule has 0 aliphatic rings. The van der Waals surface area contributed by atoms with E-state index in [0.717, 1.165) is 6.07 Å². The molecule has 2 nitrogen and oxygen atoms in total. The normalized spacial score (nSPS) is 17.2. The molecular weight excluding hydrogens is 277 g/mol. The van der Waals surface area contributed by atoms with Crippen LogP contribution in [-0.2, 0) is 0 Å². The summed E-state index contributed by atoms with van der Waals surface area (Å²) < 4.78 is 52.1. The maximum atomic E-state index is 14.9. The maximum absolute atomic E-state index is 14.9. The monoisotopic (exact) mass is 302 g/mol. The highest BCUT2D eigenvalue weighted by Crippen LogP contribution is 2.28. The first-order valence-corrected chi connectivity index (χ1v) is 6.19. The topological polar surface area (TPSA) is 43.1 Å². The number of carbonyl (C=O) groups is 1. The van der Waals surface area contributed by atoms with Crippen LogP contribution in [0.3, 0.4) is 0 Å². The van der Waals surface area contributed by atoms with Crippen molar-refractivity contribution in [2.75, 3.05) is 0 Å². The first kappa shape index (κ1) is 9.27. The molecule has 0 fully saturated rings. The van der Waals surface area contributed by atoms with E-state index in [2.05, 4.69) is 0 Å². The third-order valence-corrected chi connectivity index (χ3v) is 3.19. The fourth-order valence-corrected chi connectivity index (χ4v) is 2.06. The van der Waals surface area contributed by atoms with E-state index >= 15 is 0 Å². The zero-order chi connectivity index (χ0) is 19.0. The van der Waals surface area contributed by atoms with Crippen molar-refractivity contribution in [1.82, 2.24) is 0 Å². The summed E-state index contributed by atoms with van der Waals surface area (Å²) in [5.74, 6) is -1.83. The summed E-state index contributed by atoms with van der Waals surface area (Å²) in [6.07, 6.45) is -2.89. The molecule has 1 atom stereocenters. The molecule has 0 saturated carbocycles. The van der Waals surface area contributed by atoms with Gasteiger partial charge in [-0.05, 0) is 12.4 Å². The third kappa shape index (κ3) is 2.74. The minimum Gasteiger partial charge on any atom is -0.324 e. The highest BCUT2D eigenvalue weighted by atomic mass is 35.5. The number of hydrogen-bond acceptors (Lipinski definition) is 2. The van der Waals surface area contributed by atoms with E-state index < -0.39 is 42.0 Å². The first-order chi connectivity index (χ1) is 11.5. The number of halogens is 2. The molecule has 0 amide bonds. The molecule has 2 aromatic rings. The lowest BCUT2D eigenvalue weighted by atomic mass is 9.97. The summed E-state index contributed by atoms with van der Waals surface area (Å²) in [5.41, 5.74) is 4.98. The number of ketones is 1. The Bertz CT molecular complexity index is 801. The standard InChI is InChI=1S/C16H15ClFNO.3H2/c1-2-13(19)11-8-9-12(17)14(15(11)18)16(20)10-6-4-3-5-7-10;;;/h3-9,13H,2,19H2,1H3;3*1H/t13-;;;/m0.../s1/i1D3,2D2;;;. The van der Waals surface area contributed by atoms with Gasteiger partial charge in [0.25, 0.3) is 0 Å². The molecule has 2 N–H and O–H groups in total. The molecule has 20 heavy (non-hydrogen) atoms. The molecule has 0 aliphatic heterocycles. The lowest BCUT2D eigenvalue weighted by Crippen LogP contribution is -2.14. The van der Waals surface area contributed by atoms with Gasteiger partial charge in [0, 0.05) is 28.3 Å². The predicted octanol–water partition coefficient (Wildman–Crippen LogP) is 4.86. The molecule has 0 radical (unpaired) electrons. The summed E-state index contributed by atoms with van der Waals surface area (Å²) in [6.45, 7) is -3.07. The van der Waals surface area contributed by atoms with Gasteiger partial charge in [-0.3, -0.25) is 4.79 Å². The van der Waals surface area contributed by atoms with Crippen molar-refractivity contribution in [3.63, 3.8) is 0 Å². The Morgan fingerprint density at radius 3 is 2.80 bits per heavy atom. The smallest absolute Gasteiger partial charge is 0.197 e. The van der Waals surface area contributed by atoms with Crippen molar-refractivity contribution >= 4 is 17.4 Å². The SMILES string of the molecule is [2H]C([2H])([2H])C([2H])([2H])[C@H](N)c1ccc(Cl)c(C(=O)c2ccccc2)c1F.[HH].[HH].[HH]. The van der Waals surface area contributed by atoms with Crippen LogP contribution in [0.2, 0.25) is 5.02 Å². The Hall–Kier alpha value is -1.71. The lowest BCUT2D eigenvalue weighted by Gasteiger charge is -2.14. The van der Waals surface area contributed by atoms with Gasteiger partial charge in [0.1, 0.15) is 5.82 Å². The molecule has 4 heteroatoms. The van der Waals surface area contributed by atoms with Crippen LogP contribution in [0.15, 0.2) is 42.5 Å². The van der Waals surface area contributed by atoms with Gasteiger partial charge in [-0.1, -0.05) is 54.9 Å². The molecular formula is C16H21ClFNO. The highest BCUT2D eigenvalue weighted by Gasteiger charge is 2.22. The van der Waals surface area contributed by atoms with Gasteiger partial charge >= 0.3 is 0 Å². The number of carbonyl (C=O) groups excluding carboxylic acids is 1. The zero-order valence-corrected chi connectivity index (χ0v) is 11.1. The van der Waals surface area contributed by atoms with Crippen molar-refractivity contribution in [3.05, 3.63) is 70.0 Å². The summed E-state index contributed by atoms with van der Waals surface area (Å²) in [7, 11) is 0. The van der Waals surface area contributed by atoms with Crippen molar-refractivity contribution in [3.8, 4) is 0 Å². The maximum Gasteiger partial charge on any atom is 0.197 e. The Morgan fingerprint density at radius 1 is 1.45 bits per heavy atom. The van der Waals surface area contributed by atoms with Gasteiger partial charge < -0.3 is 5.73 Å². The minimum atomic E-state index is -3.07. The number of rotatable bonds is 4. The van der Waals surface area contributed by atoms with Gasteiger partial charge in [0.15, 0.2) is 5.78 Å². The summed E-state index contributed by atoms with van der Waals surface area (Å²) >= 11 is 5.95. The second-order valence-corrected chi connectivity index (χ2v) is 4.55. The van der Waals surface area contributed by atoms with Crippen LogP contribution in [0.4, 0.5) is 4.39 Å². The van der Waals surface area contributed by atoms with Crippen molar-refractivity contribution in [2.24, 2.45) is 5.73 Å². The van der Waals surface area contributed by atoms with Crippen LogP contribution in [-0.4, -0.2) is 5.78 Å². The van der Waals surface area contributed by atoms with Crippen LogP contribution in [0, 0.1) is 5.82 Å². The van der Waals surface area contributed by atoms with Crippen molar-refractivity contribution < 1.29 is 20.3 Å². The van der Waals surface area contributed by atoms with Crippen LogP contribution < -0.4 is 5.73 Å². The molecule has 0 aliphatic carbocycles. The molecule has 0 bridgehead atoms. The van der Waals surface area contributed by atoms with Crippen molar-refractivity contribution in [1.29, 1.82) is 0 Å². The number of hydrogen-bond donors (Lipinski definition) is 1. The van der Waals surface area contributed by atoms with Crippen LogP contribution in [0.25, 0.3) is 0 Å². The quantitative estimate of drug-likeness (QED) is 0.820. The Kier molecular flexibility index (Phi) is 2.85. The van der Waals surface area contributed by atoms with Crippen LogP contribution in [0.5, 0.6) is 0 Å². The average Bonchev–Trinajstić information content (AvgIpc) is 2.54. The Balaban J connectivity index is 0. The Labute approximate surface area is 133 Å². The number of benzene rings is 2. The molecule has 0 saturated heterocycles. The van der Waals surface area contributed by atoms with Gasteiger partial charge in [-0.25, -0.2) is 4.39 Å². The van der Waals surface area contributed by atoms with Gasteiger partial charge in [-0.15, -0.1) is 0 Å². The van der Waals surface area contributed by atoms with E-state index in [4.69, 9.17) is 24.2 Å². The average molecular weight is 303 g/mol. The van der Waals surface area contributed by atoms with Gasteiger partial charge in [0.05, 0.1) is 10.6 Å². The van der Waals surface area contributed by atoms with E-state index in [0.29, 0.717) is 0 Å². The Morgan fingerprint density at radius 2 is 2.15 bits per heavy atom. The molecule has 0 heterocycles. The third-order valence-electron chi connectivity index (χ3n) is 2.87. The van der Waals surface area contributed by atoms with E-state index in [1.165, 1.54) is 18.2 Å². The van der Waals surface area contributed by atoms with Crippen LogP contribution in [0.1, 0.15) is 51.9 Å². The second-order valence-electron chi connectivity index (χ2n) is 4.14. The predicted molar refractivity (Wildman–Crippen MR) is 84.8 cm³/mol. The lowest BCUT2D eigenvalue weighted by molar-refractivity contribution is 0.103. The van der Waals surface area contributed by atoms with Gasteiger partial charge in [0.2, 0.25) is 0 Å². The number of nitrogens with two attached hydrogens (primary N) is 1. The molecule has 0 aromatic heterocycles. The van der Waals surface area contributed by atoms with Gasteiger partial charge in [-0.2, -0.15) is 0 Å². The summed E-state index contributed by atoms with van der Waals surface area (Å²) in [5, 5.41) is -0.170. The largest absolute Gasteiger partial charge is 0.324 e. The molecule has 2 rings (SSSR count).